The summed E-state index contributed by atoms with van der Waals surface area (Å²) in [5.41, 5.74) is 0.975. The van der Waals surface area contributed by atoms with E-state index in [1.54, 1.807) is 22.3 Å². The Bertz CT molecular complexity index is 456. The van der Waals surface area contributed by atoms with E-state index < -0.39 is 0 Å². The van der Waals surface area contributed by atoms with E-state index in [0.717, 1.165) is 12.0 Å². The van der Waals surface area contributed by atoms with E-state index in [0.29, 0.717) is 32.5 Å². The lowest BCUT2D eigenvalue weighted by Crippen LogP contribution is -2.48. The molecule has 1 fully saturated rings. The summed E-state index contributed by atoms with van der Waals surface area (Å²) in [6.45, 7) is 5.77. The summed E-state index contributed by atoms with van der Waals surface area (Å²) in [5.74, 6) is 0.135. The van der Waals surface area contributed by atoms with Crippen molar-refractivity contribution in [2.24, 2.45) is 0 Å². The zero-order chi connectivity index (χ0) is 14.5. The molecule has 1 aliphatic heterocycles. The first-order chi connectivity index (χ1) is 9.67. The molecule has 0 aromatic carbocycles. The molecule has 0 unspecified atom stereocenters. The molecule has 1 aromatic heterocycles. The number of carbonyl (C=O) groups is 2. The zero-order valence-electron chi connectivity index (χ0n) is 12.2. The van der Waals surface area contributed by atoms with Gasteiger partial charge in [-0.3, -0.25) is 9.59 Å². The normalized spacial score (nSPS) is 16.5. The molecule has 0 saturated carbocycles. The lowest BCUT2D eigenvalue weighted by Gasteiger charge is -2.31. The SMILES string of the molecule is CC[C@H](C(=O)N(CC)Cc1ccoc1)N1CCCC1=O. The van der Waals surface area contributed by atoms with E-state index in [4.69, 9.17) is 4.42 Å². The molecule has 2 amide bonds. The van der Waals surface area contributed by atoms with Crippen molar-refractivity contribution in [2.75, 3.05) is 13.1 Å². The Morgan fingerprint density at radius 1 is 1.50 bits per heavy atom. The Morgan fingerprint density at radius 3 is 2.80 bits per heavy atom. The van der Waals surface area contributed by atoms with Crippen molar-refractivity contribution in [3.63, 3.8) is 0 Å². The van der Waals surface area contributed by atoms with Gasteiger partial charge in [0.2, 0.25) is 11.8 Å². The fraction of sp³-hybridized carbons (Fsp3) is 0.600. The second kappa shape index (κ2) is 6.59. The molecule has 1 aliphatic rings. The molecule has 1 aromatic rings. The van der Waals surface area contributed by atoms with Gasteiger partial charge in [-0.2, -0.15) is 0 Å². The van der Waals surface area contributed by atoms with Gasteiger partial charge in [-0.1, -0.05) is 6.92 Å². The summed E-state index contributed by atoms with van der Waals surface area (Å²) < 4.78 is 5.04. The van der Waals surface area contributed by atoms with Crippen LogP contribution in [0.3, 0.4) is 0 Å². The highest BCUT2D eigenvalue weighted by Gasteiger charge is 2.33. The minimum atomic E-state index is -0.322. The Labute approximate surface area is 119 Å². The van der Waals surface area contributed by atoms with Crippen LogP contribution in [0.4, 0.5) is 0 Å². The van der Waals surface area contributed by atoms with E-state index >= 15 is 0 Å². The number of hydrogen-bond acceptors (Lipinski definition) is 3. The van der Waals surface area contributed by atoms with E-state index in [9.17, 15) is 9.59 Å². The molecule has 5 heteroatoms. The lowest BCUT2D eigenvalue weighted by molar-refractivity contribution is -0.144. The number of furan rings is 1. The van der Waals surface area contributed by atoms with Gasteiger partial charge in [0.25, 0.3) is 0 Å². The molecular weight excluding hydrogens is 256 g/mol. The maximum Gasteiger partial charge on any atom is 0.245 e. The van der Waals surface area contributed by atoms with Gasteiger partial charge in [0.05, 0.1) is 12.5 Å². The van der Waals surface area contributed by atoms with Crippen LogP contribution in [0.15, 0.2) is 23.0 Å². The van der Waals surface area contributed by atoms with Crippen molar-refractivity contribution in [3.8, 4) is 0 Å². The van der Waals surface area contributed by atoms with Crippen LogP contribution in [-0.2, 0) is 16.1 Å². The van der Waals surface area contributed by atoms with Crippen LogP contribution in [0.5, 0.6) is 0 Å². The molecule has 0 bridgehead atoms. The van der Waals surface area contributed by atoms with Gasteiger partial charge in [-0.15, -0.1) is 0 Å². The van der Waals surface area contributed by atoms with Gasteiger partial charge in [0.15, 0.2) is 0 Å². The van der Waals surface area contributed by atoms with Gasteiger partial charge >= 0.3 is 0 Å². The minimum absolute atomic E-state index is 0.0338. The van der Waals surface area contributed by atoms with Crippen molar-refractivity contribution in [3.05, 3.63) is 24.2 Å². The first kappa shape index (κ1) is 14.6. The van der Waals surface area contributed by atoms with Crippen LogP contribution in [0, 0.1) is 0 Å². The van der Waals surface area contributed by atoms with E-state index in [1.165, 1.54) is 0 Å². The van der Waals surface area contributed by atoms with E-state index in [1.807, 2.05) is 19.9 Å². The summed E-state index contributed by atoms with van der Waals surface area (Å²) in [5, 5.41) is 0. The molecule has 0 radical (unpaired) electrons. The predicted molar refractivity (Wildman–Crippen MR) is 74.8 cm³/mol. The molecule has 0 spiro atoms. The summed E-state index contributed by atoms with van der Waals surface area (Å²) in [7, 11) is 0. The summed E-state index contributed by atoms with van der Waals surface area (Å²) in [6, 6.07) is 1.54. The Hall–Kier alpha value is -1.78. The highest BCUT2D eigenvalue weighted by Crippen LogP contribution is 2.18. The number of nitrogens with zero attached hydrogens (tertiary/aromatic N) is 2. The van der Waals surface area contributed by atoms with Crippen molar-refractivity contribution >= 4 is 11.8 Å². The maximum absolute atomic E-state index is 12.7. The largest absolute Gasteiger partial charge is 0.472 e. The fourth-order valence-corrected chi connectivity index (χ4v) is 2.69. The zero-order valence-corrected chi connectivity index (χ0v) is 12.2. The second-order valence-corrected chi connectivity index (χ2v) is 5.10. The molecule has 2 rings (SSSR count). The molecule has 2 heterocycles. The first-order valence-electron chi connectivity index (χ1n) is 7.26. The highest BCUT2D eigenvalue weighted by molar-refractivity contribution is 5.88. The predicted octanol–water partition coefficient (Wildman–Crippen LogP) is 2.03. The van der Waals surface area contributed by atoms with E-state index in [-0.39, 0.29) is 17.9 Å². The van der Waals surface area contributed by atoms with Crippen LogP contribution in [0.25, 0.3) is 0 Å². The third-order valence-electron chi connectivity index (χ3n) is 3.80. The number of amides is 2. The van der Waals surface area contributed by atoms with Gasteiger partial charge in [0.1, 0.15) is 6.04 Å². The number of hydrogen-bond donors (Lipinski definition) is 0. The monoisotopic (exact) mass is 278 g/mol. The molecule has 20 heavy (non-hydrogen) atoms. The van der Waals surface area contributed by atoms with Crippen molar-refractivity contribution < 1.29 is 14.0 Å². The first-order valence-corrected chi connectivity index (χ1v) is 7.26. The molecule has 110 valence electrons. The molecular formula is C15H22N2O3. The lowest BCUT2D eigenvalue weighted by atomic mass is 10.1. The third kappa shape index (κ3) is 3.03. The topological polar surface area (TPSA) is 53.8 Å². The molecule has 0 aliphatic carbocycles. The second-order valence-electron chi connectivity index (χ2n) is 5.10. The van der Waals surface area contributed by atoms with Gasteiger partial charge in [-0.05, 0) is 25.8 Å². The number of carbonyl (C=O) groups excluding carboxylic acids is 2. The minimum Gasteiger partial charge on any atom is -0.472 e. The van der Waals surface area contributed by atoms with Crippen molar-refractivity contribution in [2.45, 2.75) is 45.7 Å². The molecule has 5 nitrogen and oxygen atoms in total. The Morgan fingerprint density at radius 2 is 2.30 bits per heavy atom. The molecule has 1 saturated heterocycles. The van der Waals surface area contributed by atoms with Gasteiger partial charge in [0, 0.05) is 31.6 Å². The molecule has 0 N–H and O–H groups in total. The number of likely N-dealkylation sites (N-methyl/N-ethyl adjacent to an activating group) is 1. The number of rotatable bonds is 6. The fourth-order valence-electron chi connectivity index (χ4n) is 2.69. The summed E-state index contributed by atoms with van der Waals surface area (Å²) in [6.07, 6.45) is 5.34. The van der Waals surface area contributed by atoms with Crippen LogP contribution in [-0.4, -0.2) is 40.7 Å². The van der Waals surface area contributed by atoms with E-state index in [2.05, 4.69) is 0 Å². The quantitative estimate of drug-likeness (QED) is 0.800. The third-order valence-corrected chi connectivity index (χ3v) is 3.80. The Balaban J connectivity index is 2.07. The Kier molecular flexibility index (Phi) is 4.82. The highest BCUT2D eigenvalue weighted by atomic mass is 16.3. The maximum atomic E-state index is 12.7. The van der Waals surface area contributed by atoms with Crippen LogP contribution < -0.4 is 0 Å². The average molecular weight is 278 g/mol. The van der Waals surface area contributed by atoms with Crippen LogP contribution in [0.1, 0.15) is 38.7 Å². The standard InChI is InChI=1S/C15H22N2O3/c1-3-13(17-8-5-6-14(17)18)15(19)16(4-2)10-12-7-9-20-11-12/h7,9,11,13H,3-6,8,10H2,1-2H3/t13-/m1/s1. The van der Waals surface area contributed by atoms with Gasteiger partial charge < -0.3 is 14.2 Å². The van der Waals surface area contributed by atoms with Crippen LogP contribution >= 0.6 is 0 Å². The molecule has 1 atom stereocenters. The van der Waals surface area contributed by atoms with Crippen molar-refractivity contribution in [1.29, 1.82) is 0 Å². The van der Waals surface area contributed by atoms with Gasteiger partial charge in [-0.25, -0.2) is 0 Å². The van der Waals surface area contributed by atoms with Crippen molar-refractivity contribution in [1.82, 2.24) is 9.80 Å². The smallest absolute Gasteiger partial charge is 0.245 e. The summed E-state index contributed by atoms with van der Waals surface area (Å²) >= 11 is 0. The number of likely N-dealkylation sites (tertiary alicyclic amines) is 1. The van der Waals surface area contributed by atoms with Crippen LogP contribution in [0.2, 0.25) is 0 Å². The average Bonchev–Trinajstić information content (AvgIpc) is 3.09. The summed E-state index contributed by atoms with van der Waals surface area (Å²) in [4.78, 5) is 28.0.